The van der Waals surface area contributed by atoms with Crippen molar-refractivity contribution in [2.45, 2.75) is 38.7 Å². The molecule has 2 aromatic rings. The number of rotatable bonds is 5. The van der Waals surface area contributed by atoms with Crippen molar-refractivity contribution in [2.75, 3.05) is 13.2 Å². The van der Waals surface area contributed by atoms with Gasteiger partial charge in [-0.2, -0.15) is 0 Å². The summed E-state index contributed by atoms with van der Waals surface area (Å²) in [6.07, 6.45) is 7.24. The average Bonchev–Trinajstić information content (AvgIpc) is 2.90. The molecule has 4 nitrogen and oxygen atoms in total. The molecule has 1 fully saturated rings. The Morgan fingerprint density at radius 2 is 2.09 bits per heavy atom. The van der Waals surface area contributed by atoms with Gasteiger partial charge in [0.05, 0.1) is 18.3 Å². The molecule has 1 N–H and O–H groups in total. The van der Waals surface area contributed by atoms with Crippen LogP contribution in [0.5, 0.6) is 0 Å². The predicted octanol–water partition coefficient (Wildman–Crippen LogP) is 3.50. The molecule has 0 spiro atoms. The number of fused-ring (bicyclic) bond motifs is 1. The number of aryl methyl sites for hydroxylation is 1. The topological polar surface area (TPSA) is 43.3 Å². The van der Waals surface area contributed by atoms with Crippen LogP contribution < -0.4 is 5.32 Å². The maximum atomic E-state index is 12.4. The molecule has 3 rings (SSSR count). The van der Waals surface area contributed by atoms with E-state index in [2.05, 4.69) is 12.2 Å². The summed E-state index contributed by atoms with van der Waals surface area (Å²) in [7, 11) is 1.96. The minimum absolute atomic E-state index is 0.0258. The molecule has 0 unspecified atom stereocenters. The van der Waals surface area contributed by atoms with Crippen LogP contribution in [0.1, 0.15) is 43.0 Å². The van der Waals surface area contributed by atoms with Gasteiger partial charge >= 0.3 is 0 Å². The third-order valence-corrected chi connectivity index (χ3v) is 4.89. The lowest BCUT2D eigenvalue weighted by molar-refractivity contribution is -0.00293. The molecule has 1 amide bonds. The van der Waals surface area contributed by atoms with Crippen LogP contribution in [0, 0.1) is 5.92 Å². The molecule has 4 heteroatoms. The summed E-state index contributed by atoms with van der Waals surface area (Å²) in [6.45, 7) is 3.41. The van der Waals surface area contributed by atoms with Crippen LogP contribution in [0.25, 0.3) is 10.9 Å². The summed E-state index contributed by atoms with van der Waals surface area (Å²) >= 11 is 0. The first-order chi connectivity index (χ1) is 11.2. The molecule has 1 saturated carbocycles. The van der Waals surface area contributed by atoms with E-state index < -0.39 is 0 Å². The molecule has 2 atom stereocenters. The SMILES string of the molecule is C[C@H]1CCCC[C@@H]1OCCNC(=O)c1cn(C)c2ccccc12. The van der Waals surface area contributed by atoms with E-state index in [1.165, 1.54) is 19.3 Å². The van der Waals surface area contributed by atoms with Crippen LogP contribution in [0.2, 0.25) is 0 Å². The van der Waals surface area contributed by atoms with Crippen LogP contribution in [-0.2, 0) is 11.8 Å². The Labute approximate surface area is 137 Å². The van der Waals surface area contributed by atoms with Gasteiger partial charge in [0, 0.05) is 30.7 Å². The zero-order chi connectivity index (χ0) is 16.2. The smallest absolute Gasteiger partial charge is 0.253 e. The highest BCUT2D eigenvalue weighted by atomic mass is 16.5. The second-order valence-electron chi connectivity index (χ2n) is 6.60. The van der Waals surface area contributed by atoms with Gasteiger partial charge in [-0.15, -0.1) is 0 Å². The lowest BCUT2D eigenvalue weighted by Gasteiger charge is -2.28. The Morgan fingerprint density at radius 3 is 2.91 bits per heavy atom. The fourth-order valence-electron chi connectivity index (χ4n) is 3.52. The van der Waals surface area contributed by atoms with Crippen LogP contribution in [0.15, 0.2) is 30.5 Å². The molecule has 0 aliphatic heterocycles. The van der Waals surface area contributed by atoms with Crippen molar-refractivity contribution in [3.05, 3.63) is 36.0 Å². The van der Waals surface area contributed by atoms with Gasteiger partial charge in [0.2, 0.25) is 0 Å². The summed E-state index contributed by atoms with van der Waals surface area (Å²) in [6, 6.07) is 7.97. The average molecular weight is 314 g/mol. The number of carbonyl (C=O) groups excluding carboxylic acids is 1. The third-order valence-electron chi connectivity index (χ3n) is 4.89. The molecule has 0 radical (unpaired) electrons. The van der Waals surface area contributed by atoms with E-state index in [0.29, 0.717) is 25.2 Å². The van der Waals surface area contributed by atoms with E-state index in [9.17, 15) is 4.79 Å². The first-order valence-corrected chi connectivity index (χ1v) is 8.60. The third kappa shape index (κ3) is 3.58. The van der Waals surface area contributed by atoms with Gasteiger partial charge in [0.15, 0.2) is 0 Å². The van der Waals surface area contributed by atoms with Crippen molar-refractivity contribution in [1.29, 1.82) is 0 Å². The van der Waals surface area contributed by atoms with E-state index in [1.54, 1.807) is 0 Å². The van der Waals surface area contributed by atoms with Gasteiger partial charge in [0.1, 0.15) is 0 Å². The normalized spacial score (nSPS) is 21.5. The maximum Gasteiger partial charge on any atom is 0.253 e. The molecule has 124 valence electrons. The molecule has 0 bridgehead atoms. The van der Waals surface area contributed by atoms with Crippen molar-refractivity contribution in [3.63, 3.8) is 0 Å². The van der Waals surface area contributed by atoms with E-state index >= 15 is 0 Å². The van der Waals surface area contributed by atoms with Crippen molar-refractivity contribution >= 4 is 16.8 Å². The number of aromatic nitrogens is 1. The van der Waals surface area contributed by atoms with Crippen molar-refractivity contribution in [2.24, 2.45) is 13.0 Å². The molecule has 1 aromatic carbocycles. The minimum Gasteiger partial charge on any atom is -0.376 e. The van der Waals surface area contributed by atoms with Crippen molar-refractivity contribution in [1.82, 2.24) is 9.88 Å². The van der Waals surface area contributed by atoms with Crippen LogP contribution >= 0.6 is 0 Å². The van der Waals surface area contributed by atoms with E-state index in [-0.39, 0.29) is 5.91 Å². The highest BCUT2D eigenvalue weighted by Crippen LogP contribution is 2.26. The monoisotopic (exact) mass is 314 g/mol. The number of carbonyl (C=O) groups is 1. The lowest BCUT2D eigenvalue weighted by atomic mass is 9.88. The Bertz CT molecular complexity index is 677. The standard InChI is InChI=1S/C19H26N2O2/c1-14-7-3-6-10-18(14)23-12-11-20-19(22)16-13-21(2)17-9-5-4-8-15(16)17/h4-5,8-9,13-14,18H,3,6-7,10-12H2,1-2H3,(H,20,22)/t14-,18-/m0/s1. The van der Waals surface area contributed by atoms with Gasteiger partial charge in [0.25, 0.3) is 5.91 Å². The zero-order valence-corrected chi connectivity index (χ0v) is 14.0. The van der Waals surface area contributed by atoms with Gasteiger partial charge in [-0.1, -0.05) is 38.0 Å². The lowest BCUT2D eigenvalue weighted by Crippen LogP contribution is -2.31. The largest absolute Gasteiger partial charge is 0.376 e. The fraction of sp³-hybridized carbons (Fsp3) is 0.526. The summed E-state index contributed by atoms with van der Waals surface area (Å²) in [4.78, 5) is 12.4. The highest BCUT2D eigenvalue weighted by molar-refractivity contribution is 6.06. The minimum atomic E-state index is -0.0258. The Morgan fingerprint density at radius 1 is 1.30 bits per heavy atom. The Kier molecular flexibility index (Phi) is 5.01. The van der Waals surface area contributed by atoms with Gasteiger partial charge in [-0.05, 0) is 24.8 Å². The first-order valence-electron chi connectivity index (χ1n) is 8.60. The number of hydrogen-bond donors (Lipinski definition) is 1. The molecule has 1 aliphatic rings. The molecule has 1 heterocycles. The first kappa shape index (κ1) is 16.1. The molecule has 1 aliphatic carbocycles. The number of nitrogens with one attached hydrogen (secondary N) is 1. The molecule has 0 saturated heterocycles. The van der Waals surface area contributed by atoms with Crippen molar-refractivity contribution < 1.29 is 9.53 Å². The van der Waals surface area contributed by atoms with Gasteiger partial charge in [-0.3, -0.25) is 4.79 Å². The molecule has 23 heavy (non-hydrogen) atoms. The fourth-order valence-corrected chi connectivity index (χ4v) is 3.52. The van der Waals surface area contributed by atoms with Crippen LogP contribution in [-0.4, -0.2) is 29.7 Å². The second kappa shape index (κ2) is 7.18. The molecular weight excluding hydrogens is 288 g/mol. The maximum absolute atomic E-state index is 12.4. The van der Waals surface area contributed by atoms with Gasteiger partial charge < -0.3 is 14.6 Å². The molecular formula is C19H26N2O2. The van der Waals surface area contributed by atoms with Crippen LogP contribution in [0.4, 0.5) is 0 Å². The predicted molar refractivity (Wildman–Crippen MR) is 92.6 cm³/mol. The number of amides is 1. The quantitative estimate of drug-likeness (QED) is 0.858. The number of ether oxygens (including phenoxy) is 1. The summed E-state index contributed by atoms with van der Waals surface area (Å²) < 4.78 is 7.94. The molecule has 1 aromatic heterocycles. The Balaban J connectivity index is 1.53. The van der Waals surface area contributed by atoms with Gasteiger partial charge in [-0.25, -0.2) is 0 Å². The van der Waals surface area contributed by atoms with E-state index in [0.717, 1.165) is 22.9 Å². The van der Waals surface area contributed by atoms with Crippen molar-refractivity contribution in [3.8, 4) is 0 Å². The number of nitrogens with zero attached hydrogens (tertiary/aromatic N) is 1. The Hall–Kier alpha value is -1.81. The van der Waals surface area contributed by atoms with E-state index in [4.69, 9.17) is 4.74 Å². The summed E-state index contributed by atoms with van der Waals surface area (Å²) in [5.41, 5.74) is 1.80. The zero-order valence-electron chi connectivity index (χ0n) is 14.0. The van der Waals surface area contributed by atoms with E-state index in [1.807, 2.05) is 42.1 Å². The summed E-state index contributed by atoms with van der Waals surface area (Å²) in [5.74, 6) is 0.611. The number of para-hydroxylation sites is 1. The number of benzene rings is 1. The number of hydrogen-bond acceptors (Lipinski definition) is 2. The van der Waals surface area contributed by atoms with Crippen LogP contribution in [0.3, 0.4) is 0 Å². The summed E-state index contributed by atoms with van der Waals surface area (Å²) in [5, 5.41) is 3.98. The second-order valence-corrected chi connectivity index (χ2v) is 6.60. The highest BCUT2D eigenvalue weighted by Gasteiger charge is 2.21.